The number of rotatable bonds is 3. The normalized spacial score (nSPS) is 9.21. The summed E-state index contributed by atoms with van der Waals surface area (Å²) < 4.78 is 0. The molecule has 0 saturated heterocycles. The van der Waals surface area contributed by atoms with Crippen molar-refractivity contribution >= 4 is 17.3 Å². The van der Waals surface area contributed by atoms with Crippen LogP contribution in [0.3, 0.4) is 0 Å². The van der Waals surface area contributed by atoms with Crippen LogP contribution in [0.2, 0.25) is 0 Å². The zero-order valence-electron chi connectivity index (χ0n) is 7.49. The molecule has 0 fully saturated rings. The maximum atomic E-state index is 10.5. The zero-order chi connectivity index (χ0) is 10.4. The number of unbranched alkanes of at least 4 members (excludes halogenated alkanes) is 1. The first-order chi connectivity index (χ1) is 6.74. The molecule has 1 rings (SSSR count). The number of carboxylic acids is 1. The molecule has 0 radical (unpaired) electrons. The monoisotopic (exact) mass is 210 g/mol. The van der Waals surface area contributed by atoms with Crippen molar-refractivity contribution in [1.29, 1.82) is 0 Å². The smallest absolute Gasteiger partial charge is 0.345 e. The fraction of sp³-hybridized carbons (Fsp3) is 0.300. The number of aliphatic hydroxyl groups is 1. The summed E-state index contributed by atoms with van der Waals surface area (Å²) in [5.74, 6) is 4.78. The van der Waals surface area contributed by atoms with E-state index in [2.05, 4.69) is 11.8 Å². The molecule has 0 aliphatic carbocycles. The number of carboxylic acid groups (broad SMARTS) is 1. The summed E-state index contributed by atoms with van der Waals surface area (Å²) >= 11 is 1.17. The number of hydrogen-bond donors (Lipinski definition) is 2. The molecule has 0 aliphatic heterocycles. The molecule has 0 spiro atoms. The number of aromatic carboxylic acids is 1. The van der Waals surface area contributed by atoms with Crippen molar-refractivity contribution in [3.05, 3.63) is 21.9 Å². The average molecular weight is 210 g/mol. The van der Waals surface area contributed by atoms with Gasteiger partial charge in [-0.25, -0.2) is 4.79 Å². The van der Waals surface area contributed by atoms with E-state index >= 15 is 0 Å². The van der Waals surface area contributed by atoms with Gasteiger partial charge in [-0.1, -0.05) is 11.8 Å². The molecule has 0 saturated carbocycles. The third kappa shape index (κ3) is 3.21. The van der Waals surface area contributed by atoms with Gasteiger partial charge in [0.05, 0.1) is 0 Å². The maximum absolute atomic E-state index is 10.5. The summed E-state index contributed by atoms with van der Waals surface area (Å²) in [4.78, 5) is 10.8. The van der Waals surface area contributed by atoms with Gasteiger partial charge in [-0.05, 0) is 12.5 Å². The predicted octanol–water partition coefficient (Wildman–Crippen LogP) is 1.57. The van der Waals surface area contributed by atoms with Crippen molar-refractivity contribution in [2.24, 2.45) is 0 Å². The molecule has 0 amide bonds. The molecule has 1 aromatic rings. The molecule has 0 unspecified atom stereocenters. The molecule has 14 heavy (non-hydrogen) atoms. The minimum absolute atomic E-state index is 0.138. The Morgan fingerprint density at radius 1 is 1.57 bits per heavy atom. The van der Waals surface area contributed by atoms with Crippen molar-refractivity contribution in [2.45, 2.75) is 12.8 Å². The highest BCUT2D eigenvalue weighted by atomic mass is 32.1. The fourth-order valence-electron chi connectivity index (χ4n) is 0.846. The Morgan fingerprint density at radius 2 is 2.36 bits per heavy atom. The van der Waals surface area contributed by atoms with E-state index in [1.54, 1.807) is 11.4 Å². The second kappa shape index (κ2) is 5.43. The maximum Gasteiger partial charge on any atom is 0.345 e. The second-order valence-corrected chi connectivity index (χ2v) is 3.54. The number of carbonyl (C=O) groups is 1. The van der Waals surface area contributed by atoms with Crippen molar-refractivity contribution in [3.63, 3.8) is 0 Å². The molecule has 1 aromatic heterocycles. The highest BCUT2D eigenvalue weighted by Gasteiger charge is 2.04. The average Bonchev–Trinajstić information content (AvgIpc) is 2.61. The van der Waals surface area contributed by atoms with E-state index in [0.29, 0.717) is 17.7 Å². The van der Waals surface area contributed by atoms with Crippen LogP contribution in [-0.4, -0.2) is 22.8 Å². The summed E-state index contributed by atoms with van der Waals surface area (Å²) in [6.07, 6.45) is 1.29. The zero-order valence-corrected chi connectivity index (χ0v) is 8.30. The Labute approximate surface area is 86.0 Å². The summed E-state index contributed by atoms with van der Waals surface area (Å²) in [5.41, 5.74) is 0.727. The van der Waals surface area contributed by atoms with Gasteiger partial charge in [-0.2, -0.15) is 0 Å². The lowest BCUT2D eigenvalue weighted by atomic mass is 10.2. The summed E-state index contributed by atoms with van der Waals surface area (Å²) in [6.45, 7) is 0.138. The van der Waals surface area contributed by atoms with Gasteiger partial charge in [0.2, 0.25) is 0 Å². The SMILES string of the molecule is O=C(O)c1cc(C#CCCCO)cs1. The first-order valence-electron chi connectivity index (χ1n) is 4.15. The van der Waals surface area contributed by atoms with E-state index in [0.717, 1.165) is 5.56 Å². The van der Waals surface area contributed by atoms with Crippen LogP contribution < -0.4 is 0 Å². The van der Waals surface area contributed by atoms with E-state index in [9.17, 15) is 4.79 Å². The highest BCUT2D eigenvalue weighted by Crippen LogP contribution is 2.13. The molecule has 3 nitrogen and oxygen atoms in total. The number of aliphatic hydroxyl groups excluding tert-OH is 1. The van der Waals surface area contributed by atoms with Gasteiger partial charge in [0, 0.05) is 24.0 Å². The van der Waals surface area contributed by atoms with Gasteiger partial charge in [0.15, 0.2) is 0 Å². The van der Waals surface area contributed by atoms with Crippen molar-refractivity contribution in [3.8, 4) is 11.8 Å². The van der Waals surface area contributed by atoms with Gasteiger partial charge in [-0.3, -0.25) is 0 Å². The van der Waals surface area contributed by atoms with Crippen LogP contribution >= 0.6 is 11.3 Å². The first kappa shape index (κ1) is 10.8. The Bertz CT molecular complexity index is 370. The first-order valence-corrected chi connectivity index (χ1v) is 5.03. The third-order valence-electron chi connectivity index (χ3n) is 1.50. The molecule has 0 bridgehead atoms. The quantitative estimate of drug-likeness (QED) is 0.588. The second-order valence-electron chi connectivity index (χ2n) is 2.63. The summed E-state index contributed by atoms with van der Waals surface area (Å²) in [6, 6.07) is 1.55. The molecular formula is C10H10O3S. The van der Waals surface area contributed by atoms with Crippen LogP contribution in [0.25, 0.3) is 0 Å². The predicted molar refractivity (Wildman–Crippen MR) is 54.5 cm³/mol. The van der Waals surface area contributed by atoms with Gasteiger partial charge in [-0.15, -0.1) is 11.3 Å². The lowest BCUT2D eigenvalue weighted by molar-refractivity contribution is 0.0702. The Morgan fingerprint density at radius 3 is 2.93 bits per heavy atom. The Kier molecular flexibility index (Phi) is 4.17. The molecule has 2 N–H and O–H groups in total. The standard InChI is InChI=1S/C10H10O3S/c11-5-3-1-2-4-8-6-9(10(12)13)14-7-8/h6-7,11H,1,3,5H2,(H,12,13). The van der Waals surface area contributed by atoms with Crippen LogP contribution in [0.4, 0.5) is 0 Å². The van der Waals surface area contributed by atoms with E-state index in [1.165, 1.54) is 11.3 Å². The lowest BCUT2D eigenvalue weighted by Gasteiger charge is -1.83. The number of thiophene rings is 1. The molecule has 0 atom stereocenters. The number of hydrogen-bond acceptors (Lipinski definition) is 3. The Balaban J connectivity index is 2.58. The lowest BCUT2D eigenvalue weighted by Crippen LogP contribution is -1.89. The largest absolute Gasteiger partial charge is 0.477 e. The minimum Gasteiger partial charge on any atom is -0.477 e. The molecule has 74 valence electrons. The van der Waals surface area contributed by atoms with Gasteiger partial charge < -0.3 is 10.2 Å². The fourth-order valence-corrected chi connectivity index (χ4v) is 1.52. The van der Waals surface area contributed by atoms with Crippen molar-refractivity contribution < 1.29 is 15.0 Å². The van der Waals surface area contributed by atoms with E-state index < -0.39 is 5.97 Å². The molecule has 0 aliphatic rings. The molecule has 0 aromatic carbocycles. The topological polar surface area (TPSA) is 57.5 Å². The van der Waals surface area contributed by atoms with Crippen LogP contribution in [0.5, 0.6) is 0 Å². The van der Waals surface area contributed by atoms with E-state index in [-0.39, 0.29) is 6.61 Å². The minimum atomic E-state index is -0.918. The van der Waals surface area contributed by atoms with Gasteiger partial charge in [0.25, 0.3) is 0 Å². The van der Waals surface area contributed by atoms with Crippen LogP contribution in [0.1, 0.15) is 28.1 Å². The van der Waals surface area contributed by atoms with Gasteiger partial charge in [0.1, 0.15) is 4.88 Å². The van der Waals surface area contributed by atoms with Crippen LogP contribution in [0.15, 0.2) is 11.4 Å². The molecule has 1 heterocycles. The van der Waals surface area contributed by atoms with Crippen molar-refractivity contribution in [1.82, 2.24) is 0 Å². The third-order valence-corrected chi connectivity index (χ3v) is 2.42. The van der Waals surface area contributed by atoms with Gasteiger partial charge >= 0.3 is 5.97 Å². The van der Waals surface area contributed by atoms with E-state index in [4.69, 9.17) is 10.2 Å². The van der Waals surface area contributed by atoms with Crippen molar-refractivity contribution in [2.75, 3.05) is 6.61 Å². The van der Waals surface area contributed by atoms with Crippen LogP contribution in [0, 0.1) is 11.8 Å². The molecule has 4 heteroatoms. The van der Waals surface area contributed by atoms with Crippen LogP contribution in [-0.2, 0) is 0 Å². The van der Waals surface area contributed by atoms with E-state index in [1.807, 2.05) is 0 Å². The Hall–Kier alpha value is -1.31. The molecular weight excluding hydrogens is 200 g/mol. The summed E-state index contributed by atoms with van der Waals surface area (Å²) in [7, 11) is 0. The highest BCUT2D eigenvalue weighted by molar-refractivity contribution is 7.12. The summed E-state index contributed by atoms with van der Waals surface area (Å²) in [5, 5.41) is 18.9.